The van der Waals surface area contributed by atoms with E-state index in [2.05, 4.69) is 20.1 Å². The molecule has 128 valence electrons. The van der Waals surface area contributed by atoms with Crippen molar-refractivity contribution in [3.8, 4) is 21.3 Å². The largest absolute Gasteiger partial charge is 0.440 e. The standard InChI is InChI=1S/C18H18N4O2S/c1-11(2)24-22-13-6-3-7-14-16(13)21-17(23-14)15-10-20-18(25-15)12-5-4-8-19-9-12/h4-5,8-11H,3,6-7H2,1-2H3. The molecule has 0 radical (unpaired) electrons. The van der Waals surface area contributed by atoms with Crippen molar-refractivity contribution in [3.05, 3.63) is 42.2 Å². The molecule has 7 heteroatoms. The van der Waals surface area contributed by atoms with Crippen molar-refractivity contribution in [1.82, 2.24) is 15.0 Å². The minimum absolute atomic E-state index is 0.0489. The lowest BCUT2D eigenvalue weighted by atomic mass is 10.0. The fourth-order valence-corrected chi connectivity index (χ4v) is 3.47. The maximum atomic E-state index is 5.99. The van der Waals surface area contributed by atoms with Crippen molar-refractivity contribution in [3.63, 3.8) is 0 Å². The maximum Gasteiger partial charge on any atom is 0.238 e. The van der Waals surface area contributed by atoms with Crippen LogP contribution in [0.15, 0.2) is 40.3 Å². The van der Waals surface area contributed by atoms with Gasteiger partial charge in [-0.2, -0.15) is 0 Å². The third kappa shape index (κ3) is 3.32. The number of hydrogen-bond donors (Lipinski definition) is 0. The van der Waals surface area contributed by atoms with E-state index in [0.717, 1.165) is 51.9 Å². The Labute approximate surface area is 149 Å². The van der Waals surface area contributed by atoms with Crippen molar-refractivity contribution < 1.29 is 9.25 Å². The second-order valence-corrected chi connectivity index (χ2v) is 7.14. The van der Waals surface area contributed by atoms with E-state index < -0.39 is 0 Å². The van der Waals surface area contributed by atoms with Crippen LogP contribution >= 0.6 is 11.3 Å². The number of rotatable bonds is 4. The summed E-state index contributed by atoms with van der Waals surface area (Å²) in [6, 6.07) is 3.89. The Bertz CT molecular complexity index is 899. The predicted molar refractivity (Wildman–Crippen MR) is 96.5 cm³/mol. The zero-order chi connectivity index (χ0) is 17.2. The molecule has 1 aliphatic rings. The molecule has 4 rings (SSSR count). The van der Waals surface area contributed by atoms with Gasteiger partial charge >= 0.3 is 0 Å². The summed E-state index contributed by atoms with van der Waals surface area (Å²) in [6.07, 6.45) is 8.12. The van der Waals surface area contributed by atoms with Gasteiger partial charge < -0.3 is 9.25 Å². The van der Waals surface area contributed by atoms with Gasteiger partial charge in [-0.15, -0.1) is 11.3 Å². The van der Waals surface area contributed by atoms with E-state index in [1.807, 2.05) is 26.0 Å². The monoisotopic (exact) mass is 354 g/mol. The normalized spacial score (nSPS) is 15.6. The van der Waals surface area contributed by atoms with Crippen LogP contribution in [0.3, 0.4) is 0 Å². The molecule has 0 amide bonds. The summed E-state index contributed by atoms with van der Waals surface area (Å²) in [7, 11) is 0. The van der Waals surface area contributed by atoms with Crippen LogP contribution in [0, 0.1) is 0 Å². The first-order chi connectivity index (χ1) is 12.2. The molecule has 0 aromatic carbocycles. The highest BCUT2D eigenvalue weighted by atomic mass is 32.1. The Morgan fingerprint density at radius 2 is 2.20 bits per heavy atom. The van der Waals surface area contributed by atoms with E-state index in [1.54, 1.807) is 29.9 Å². The van der Waals surface area contributed by atoms with Crippen LogP contribution in [0.4, 0.5) is 0 Å². The molecular formula is C18H18N4O2S. The molecule has 6 nitrogen and oxygen atoms in total. The maximum absolute atomic E-state index is 5.99. The van der Waals surface area contributed by atoms with E-state index in [4.69, 9.17) is 9.25 Å². The summed E-state index contributed by atoms with van der Waals surface area (Å²) in [5, 5.41) is 5.16. The van der Waals surface area contributed by atoms with Crippen LogP contribution in [-0.4, -0.2) is 26.8 Å². The highest BCUT2D eigenvalue weighted by Crippen LogP contribution is 2.34. The van der Waals surface area contributed by atoms with Gasteiger partial charge in [-0.25, -0.2) is 9.97 Å². The zero-order valence-corrected chi connectivity index (χ0v) is 14.9. The number of oxime groups is 1. The van der Waals surface area contributed by atoms with Gasteiger partial charge in [0.1, 0.15) is 33.2 Å². The molecule has 0 saturated carbocycles. The topological polar surface area (TPSA) is 73.4 Å². The number of pyridine rings is 1. The van der Waals surface area contributed by atoms with Crippen LogP contribution in [0.5, 0.6) is 0 Å². The van der Waals surface area contributed by atoms with Gasteiger partial charge in [0, 0.05) is 24.4 Å². The van der Waals surface area contributed by atoms with E-state index in [-0.39, 0.29) is 6.10 Å². The van der Waals surface area contributed by atoms with Gasteiger partial charge in [0.25, 0.3) is 0 Å². The van der Waals surface area contributed by atoms with Crippen LogP contribution in [0.2, 0.25) is 0 Å². The molecule has 0 saturated heterocycles. The third-order valence-corrected chi connectivity index (χ3v) is 4.82. The molecule has 3 aromatic rings. The molecule has 3 aromatic heterocycles. The van der Waals surface area contributed by atoms with Crippen LogP contribution in [-0.2, 0) is 11.3 Å². The fraction of sp³-hybridized carbons (Fsp3) is 0.333. The number of aryl methyl sites for hydroxylation is 1. The Morgan fingerprint density at radius 3 is 3.00 bits per heavy atom. The molecule has 3 heterocycles. The summed E-state index contributed by atoms with van der Waals surface area (Å²) < 4.78 is 5.99. The molecule has 0 atom stereocenters. The summed E-state index contributed by atoms with van der Waals surface area (Å²) >= 11 is 1.54. The van der Waals surface area contributed by atoms with Crippen molar-refractivity contribution in [2.24, 2.45) is 5.16 Å². The molecule has 0 spiro atoms. The highest BCUT2D eigenvalue weighted by Gasteiger charge is 2.25. The molecule has 0 N–H and O–H groups in total. The molecule has 0 unspecified atom stereocenters. The lowest BCUT2D eigenvalue weighted by Crippen LogP contribution is -2.12. The van der Waals surface area contributed by atoms with Crippen molar-refractivity contribution in [1.29, 1.82) is 0 Å². The minimum Gasteiger partial charge on any atom is -0.440 e. The van der Waals surface area contributed by atoms with E-state index in [0.29, 0.717) is 5.89 Å². The van der Waals surface area contributed by atoms with Crippen LogP contribution < -0.4 is 0 Å². The molecule has 1 aliphatic carbocycles. The number of oxazole rings is 1. The van der Waals surface area contributed by atoms with Crippen LogP contribution in [0.1, 0.15) is 38.1 Å². The first-order valence-corrected chi connectivity index (χ1v) is 9.11. The lowest BCUT2D eigenvalue weighted by molar-refractivity contribution is 0.0854. The van der Waals surface area contributed by atoms with Crippen molar-refractivity contribution >= 4 is 17.0 Å². The Morgan fingerprint density at radius 1 is 1.28 bits per heavy atom. The number of aromatic nitrogens is 3. The fourth-order valence-electron chi connectivity index (χ4n) is 2.64. The van der Waals surface area contributed by atoms with Gasteiger partial charge in [0.05, 0.1) is 6.20 Å². The van der Waals surface area contributed by atoms with E-state index in [1.165, 1.54) is 0 Å². The molecule has 0 fully saturated rings. The summed E-state index contributed by atoms with van der Waals surface area (Å²) in [4.78, 5) is 19.6. The molecule has 0 aliphatic heterocycles. The van der Waals surface area contributed by atoms with Crippen molar-refractivity contribution in [2.45, 2.75) is 39.2 Å². The van der Waals surface area contributed by atoms with Crippen LogP contribution in [0.25, 0.3) is 21.3 Å². The zero-order valence-electron chi connectivity index (χ0n) is 14.1. The second kappa shape index (κ2) is 6.76. The minimum atomic E-state index is 0.0489. The number of fused-ring (bicyclic) bond motifs is 1. The lowest BCUT2D eigenvalue weighted by Gasteiger charge is -2.11. The quantitative estimate of drug-likeness (QED) is 0.652. The molecule has 25 heavy (non-hydrogen) atoms. The number of nitrogens with zero attached hydrogens (tertiary/aromatic N) is 4. The predicted octanol–water partition coefficient (Wildman–Crippen LogP) is 4.33. The Kier molecular flexibility index (Phi) is 4.31. The molecular weight excluding hydrogens is 336 g/mol. The van der Waals surface area contributed by atoms with Gasteiger partial charge in [0.15, 0.2) is 0 Å². The summed E-state index contributed by atoms with van der Waals surface area (Å²) in [5.41, 5.74) is 2.67. The van der Waals surface area contributed by atoms with Gasteiger partial charge in [-0.05, 0) is 38.8 Å². The Hall–Kier alpha value is -2.54. The number of hydrogen-bond acceptors (Lipinski definition) is 7. The Balaban J connectivity index is 1.65. The summed E-state index contributed by atoms with van der Waals surface area (Å²) in [5.74, 6) is 1.47. The smallest absolute Gasteiger partial charge is 0.238 e. The highest BCUT2D eigenvalue weighted by molar-refractivity contribution is 7.18. The first kappa shape index (κ1) is 16.0. The van der Waals surface area contributed by atoms with Gasteiger partial charge in [-0.3, -0.25) is 4.98 Å². The second-order valence-electron chi connectivity index (χ2n) is 6.11. The molecule has 0 bridgehead atoms. The average Bonchev–Trinajstić information content (AvgIpc) is 3.27. The SMILES string of the molecule is CC(C)ON=C1CCCc2oc(-c3cnc(-c4cccnc4)s3)nc21. The van der Waals surface area contributed by atoms with Crippen molar-refractivity contribution in [2.75, 3.05) is 0 Å². The third-order valence-electron chi connectivity index (χ3n) is 3.79. The van der Waals surface area contributed by atoms with Gasteiger partial charge in [0.2, 0.25) is 5.89 Å². The summed E-state index contributed by atoms with van der Waals surface area (Å²) in [6.45, 7) is 3.92. The number of thiazole rings is 1. The average molecular weight is 354 g/mol. The van der Waals surface area contributed by atoms with Gasteiger partial charge in [-0.1, -0.05) is 5.16 Å². The van der Waals surface area contributed by atoms with E-state index in [9.17, 15) is 0 Å². The van der Waals surface area contributed by atoms with E-state index >= 15 is 0 Å². The first-order valence-electron chi connectivity index (χ1n) is 8.30.